The van der Waals surface area contributed by atoms with Crippen molar-refractivity contribution in [2.75, 3.05) is 0 Å². The van der Waals surface area contributed by atoms with Crippen molar-refractivity contribution in [1.29, 1.82) is 0 Å². The third-order valence-corrected chi connectivity index (χ3v) is 4.56. The number of rotatable bonds is 5. The van der Waals surface area contributed by atoms with E-state index in [1.54, 1.807) is 11.3 Å². The molecule has 0 unspecified atom stereocenters. The summed E-state index contributed by atoms with van der Waals surface area (Å²) in [6.07, 6.45) is 2.25. The average molecular weight is 266 g/mol. The molecule has 18 heavy (non-hydrogen) atoms. The van der Waals surface area contributed by atoms with E-state index in [2.05, 4.69) is 18.4 Å². The Morgan fingerprint density at radius 2 is 2.22 bits per heavy atom. The Hall–Kier alpha value is -0.870. The largest absolute Gasteiger partial charge is 0.333 e. The van der Waals surface area contributed by atoms with Gasteiger partial charge in [0.1, 0.15) is 0 Å². The highest BCUT2D eigenvalue weighted by Crippen LogP contribution is 2.31. The number of nitrogens with zero attached hydrogens (tertiary/aromatic N) is 1. The Balaban J connectivity index is 2.09. The molecule has 0 spiro atoms. The second-order valence-electron chi connectivity index (χ2n) is 5.49. The van der Waals surface area contributed by atoms with Gasteiger partial charge >= 0.3 is 0 Å². The van der Waals surface area contributed by atoms with Crippen LogP contribution in [0.4, 0.5) is 0 Å². The SMILES string of the molecule is Cc1ccsc1CN(C(=O)[C@@H](N)C(C)C)C1CC1. The number of thiophene rings is 1. The van der Waals surface area contributed by atoms with Crippen molar-refractivity contribution in [1.82, 2.24) is 4.90 Å². The van der Waals surface area contributed by atoms with Crippen LogP contribution in [-0.4, -0.2) is 22.9 Å². The number of hydrogen-bond acceptors (Lipinski definition) is 3. The molecule has 2 rings (SSSR count). The van der Waals surface area contributed by atoms with Gasteiger partial charge in [0.25, 0.3) is 0 Å². The monoisotopic (exact) mass is 266 g/mol. The Kier molecular flexibility index (Phi) is 4.07. The molecule has 1 aliphatic carbocycles. The Morgan fingerprint density at radius 3 is 2.67 bits per heavy atom. The van der Waals surface area contributed by atoms with Crippen LogP contribution < -0.4 is 5.73 Å². The van der Waals surface area contributed by atoms with Gasteiger partial charge in [0.05, 0.1) is 12.6 Å². The second kappa shape index (κ2) is 5.41. The van der Waals surface area contributed by atoms with Crippen molar-refractivity contribution < 1.29 is 4.79 Å². The van der Waals surface area contributed by atoms with E-state index in [4.69, 9.17) is 5.73 Å². The summed E-state index contributed by atoms with van der Waals surface area (Å²) in [5.74, 6) is 0.309. The molecular formula is C14H22N2OS. The summed E-state index contributed by atoms with van der Waals surface area (Å²) in [5.41, 5.74) is 7.28. The Bertz CT molecular complexity index is 423. The molecule has 3 nitrogen and oxygen atoms in total. The van der Waals surface area contributed by atoms with Crippen molar-refractivity contribution in [3.8, 4) is 0 Å². The molecule has 0 aliphatic heterocycles. The van der Waals surface area contributed by atoms with E-state index in [0.717, 1.165) is 19.4 Å². The third kappa shape index (κ3) is 2.93. The molecule has 0 radical (unpaired) electrons. The van der Waals surface area contributed by atoms with Gasteiger partial charge in [-0.3, -0.25) is 4.79 Å². The molecule has 1 amide bonds. The lowest BCUT2D eigenvalue weighted by Crippen LogP contribution is -2.47. The highest BCUT2D eigenvalue weighted by Gasteiger charge is 2.35. The first-order chi connectivity index (χ1) is 8.50. The maximum Gasteiger partial charge on any atom is 0.240 e. The van der Waals surface area contributed by atoms with Crippen LogP contribution in [0.2, 0.25) is 0 Å². The fraction of sp³-hybridized carbons (Fsp3) is 0.643. The number of nitrogens with two attached hydrogens (primary N) is 1. The van der Waals surface area contributed by atoms with Crippen molar-refractivity contribution in [2.45, 2.75) is 52.2 Å². The molecule has 0 aromatic carbocycles. The second-order valence-corrected chi connectivity index (χ2v) is 6.49. The van der Waals surface area contributed by atoms with Gasteiger partial charge in [-0.2, -0.15) is 0 Å². The first kappa shape index (κ1) is 13.6. The van der Waals surface area contributed by atoms with Gasteiger partial charge < -0.3 is 10.6 Å². The summed E-state index contributed by atoms with van der Waals surface area (Å²) in [4.78, 5) is 15.7. The predicted octanol–water partition coefficient (Wildman–Crippen LogP) is 2.53. The fourth-order valence-corrected chi connectivity index (χ4v) is 2.87. The maximum atomic E-state index is 12.4. The van der Waals surface area contributed by atoms with Crippen molar-refractivity contribution >= 4 is 17.2 Å². The van der Waals surface area contributed by atoms with Gasteiger partial charge in [0, 0.05) is 10.9 Å². The molecule has 2 N–H and O–H groups in total. The number of carbonyl (C=O) groups is 1. The van der Waals surface area contributed by atoms with E-state index >= 15 is 0 Å². The normalized spacial score (nSPS) is 16.9. The summed E-state index contributed by atoms with van der Waals surface area (Å²) in [6.45, 7) is 6.84. The quantitative estimate of drug-likeness (QED) is 0.890. The molecular weight excluding hydrogens is 244 g/mol. The Labute approximate surface area is 113 Å². The number of aryl methyl sites for hydroxylation is 1. The van der Waals surface area contributed by atoms with Crippen LogP contribution >= 0.6 is 11.3 Å². The molecule has 1 aromatic heterocycles. The lowest BCUT2D eigenvalue weighted by atomic mass is 10.0. The van der Waals surface area contributed by atoms with Crippen LogP contribution in [0.25, 0.3) is 0 Å². The van der Waals surface area contributed by atoms with Crippen LogP contribution in [0.5, 0.6) is 0 Å². The zero-order valence-electron chi connectivity index (χ0n) is 11.3. The van der Waals surface area contributed by atoms with E-state index in [9.17, 15) is 4.79 Å². The lowest BCUT2D eigenvalue weighted by Gasteiger charge is -2.27. The predicted molar refractivity (Wildman–Crippen MR) is 75.4 cm³/mol. The van der Waals surface area contributed by atoms with Crippen molar-refractivity contribution in [2.24, 2.45) is 11.7 Å². The van der Waals surface area contributed by atoms with Gasteiger partial charge in [0.2, 0.25) is 5.91 Å². The molecule has 1 aromatic rings. The minimum Gasteiger partial charge on any atom is -0.333 e. The van der Waals surface area contributed by atoms with Crippen LogP contribution in [0.15, 0.2) is 11.4 Å². The van der Waals surface area contributed by atoms with Crippen molar-refractivity contribution in [3.63, 3.8) is 0 Å². The molecule has 0 saturated heterocycles. The zero-order chi connectivity index (χ0) is 13.3. The van der Waals surface area contributed by atoms with E-state index in [1.807, 2.05) is 18.7 Å². The van der Waals surface area contributed by atoms with Gasteiger partial charge in [-0.05, 0) is 42.7 Å². The first-order valence-electron chi connectivity index (χ1n) is 6.59. The topological polar surface area (TPSA) is 46.3 Å². The minimum atomic E-state index is -0.370. The van der Waals surface area contributed by atoms with Gasteiger partial charge in [-0.15, -0.1) is 11.3 Å². The van der Waals surface area contributed by atoms with E-state index in [1.165, 1.54) is 10.4 Å². The van der Waals surface area contributed by atoms with Gasteiger partial charge in [0.15, 0.2) is 0 Å². The number of amides is 1. The van der Waals surface area contributed by atoms with Gasteiger partial charge in [-0.25, -0.2) is 0 Å². The van der Waals surface area contributed by atoms with E-state index in [0.29, 0.717) is 6.04 Å². The fourth-order valence-electron chi connectivity index (χ4n) is 1.97. The summed E-state index contributed by atoms with van der Waals surface area (Å²) < 4.78 is 0. The van der Waals surface area contributed by atoms with E-state index < -0.39 is 0 Å². The maximum absolute atomic E-state index is 12.4. The molecule has 4 heteroatoms. The van der Waals surface area contributed by atoms with Crippen LogP contribution in [0, 0.1) is 12.8 Å². The Morgan fingerprint density at radius 1 is 1.56 bits per heavy atom. The first-order valence-corrected chi connectivity index (χ1v) is 7.47. The third-order valence-electron chi connectivity index (χ3n) is 3.56. The molecule has 1 aliphatic rings. The minimum absolute atomic E-state index is 0.111. The highest BCUT2D eigenvalue weighted by molar-refractivity contribution is 7.10. The molecule has 1 fully saturated rings. The lowest BCUT2D eigenvalue weighted by molar-refractivity contribution is -0.134. The number of hydrogen-bond donors (Lipinski definition) is 1. The molecule has 100 valence electrons. The van der Waals surface area contributed by atoms with Gasteiger partial charge in [-0.1, -0.05) is 13.8 Å². The van der Waals surface area contributed by atoms with Crippen LogP contribution in [-0.2, 0) is 11.3 Å². The van der Waals surface area contributed by atoms with Crippen molar-refractivity contribution in [3.05, 3.63) is 21.9 Å². The van der Waals surface area contributed by atoms with E-state index in [-0.39, 0.29) is 17.9 Å². The molecule has 1 heterocycles. The standard InChI is InChI=1S/C14H22N2OS/c1-9(2)13(15)14(17)16(11-4-5-11)8-12-10(3)6-7-18-12/h6-7,9,11,13H,4-5,8,15H2,1-3H3/t13-/m0/s1. The van der Waals surface area contributed by atoms with Crippen LogP contribution in [0.3, 0.4) is 0 Å². The molecule has 1 saturated carbocycles. The smallest absolute Gasteiger partial charge is 0.240 e. The average Bonchev–Trinajstić information content (AvgIpc) is 3.09. The summed E-state index contributed by atoms with van der Waals surface area (Å²) in [6, 6.07) is 2.16. The van der Waals surface area contributed by atoms with Crippen LogP contribution in [0.1, 0.15) is 37.1 Å². The summed E-state index contributed by atoms with van der Waals surface area (Å²) in [7, 11) is 0. The zero-order valence-corrected chi connectivity index (χ0v) is 12.2. The number of carbonyl (C=O) groups excluding carboxylic acids is 1. The molecule has 1 atom stereocenters. The summed E-state index contributed by atoms with van der Waals surface area (Å²) in [5, 5.41) is 2.09. The summed E-state index contributed by atoms with van der Waals surface area (Å²) >= 11 is 1.73. The molecule has 0 bridgehead atoms. The highest BCUT2D eigenvalue weighted by atomic mass is 32.1.